The fourth-order valence-corrected chi connectivity index (χ4v) is 3.36. The molecule has 1 saturated heterocycles. The Kier molecular flexibility index (Phi) is 4.93. The molecule has 1 aromatic carbocycles. The average molecular weight is 316 g/mol. The van der Waals surface area contributed by atoms with Crippen molar-refractivity contribution in [1.82, 2.24) is 14.7 Å². The molecule has 6 nitrogen and oxygen atoms in total. The molecule has 1 aliphatic heterocycles. The van der Waals surface area contributed by atoms with E-state index < -0.39 is 0 Å². The van der Waals surface area contributed by atoms with E-state index in [-0.39, 0.29) is 12.3 Å². The van der Waals surface area contributed by atoms with Crippen LogP contribution in [0.5, 0.6) is 0 Å². The summed E-state index contributed by atoms with van der Waals surface area (Å²) in [5.41, 5.74) is 7.21. The minimum Gasteiger partial charge on any atom is -0.383 e. The lowest BCUT2D eigenvalue weighted by molar-refractivity contribution is -0.117. The van der Waals surface area contributed by atoms with Crippen LogP contribution in [0.3, 0.4) is 0 Å². The predicted octanol–water partition coefficient (Wildman–Crippen LogP) is 1.03. The molecule has 23 heavy (non-hydrogen) atoms. The third-order valence-electron chi connectivity index (χ3n) is 4.49. The zero-order valence-electron chi connectivity index (χ0n) is 13.6. The van der Waals surface area contributed by atoms with Crippen molar-refractivity contribution in [3.63, 3.8) is 0 Å². The van der Waals surface area contributed by atoms with E-state index in [0.29, 0.717) is 5.92 Å². The van der Waals surface area contributed by atoms with Crippen LogP contribution < -0.4 is 5.73 Å². The number of nitrogens with two attached hydrogens (primary N) is 1. The van der Waals surface area contributed by atoms with E-state index >= 15 is 0 Å². The Morgan fingerprint density at radius 1 is 1.43 bits per heavy atom. The zero-order chi connectivity index (χ0) is 16.2. The van der Waals surface area contributed by atoms with Gasteiger partial charge in [-0.25, -0.2) is 0 Å². The molecule has 0 bridgehead atoms. The molecule has 2 N–H and O–H groups in total. The Morgan fingerprint density at radius 2 is 2.26 bits per heavy atom. The van der Waals surface area contributed by atoms with Crippen LogP contribution in [0, 0.1) is 5.92 Å². The first kappa shape index (κ1) is 16.0. The van der Waals surface area contributed by atoms with Gasteiger partial charge in [0.2, 0.25) is 5.91 Å². The molecule has 1 amide bonds. The number of benzene rings is 1. The van der Waals surface area contributed by atoms with Gasteiger partial charge in [-0.15, -0.1) is 0 Å². The number of ether oxygens (including phenoxy) is 1. The van der Waals surface area contributed by atoms with Crippen molar-refractivity contribution < 1.29 is 9.53 Å². The first-order valence-electron chi connectivity index (χ1n) is 8.11. The number of nitrogens with zero attached hydrogens (tertiary/aromatic N) is 3. The molecule has 2 aromatic rings. The highest BCUT2D eigenvalue weighted by Gasteiger charge is 2.23. The number of hydrogen-bond acceptors (Lipinski definition) is 4. The lowest BCUT2D eigenvalue weighted by Crippen LogP contribution is -2.25. The number of likely N-dealkylation sites (tertiary alicyclic amines) is 1. The van der Waals surface area contributed by atoms with Gasteiger partial charge in [0.05, 0.1) is 24.2 Å². The molecule has 3 rings (SSSR count). The third kappa shape index (κ3) is 3.71. The van der Waals surface area contributed by atoms with Gasteiger partial charge in [0.15, 0.2) is 0 Å². The molecule has 1 aromatic heterocycles. The third-order valence-corrected chi connectivity index (χ3v) is 4.49. The quantitative estimate of drug-likeness (QED) is 0.828. The van der Waals surface area contributed by atoms with Gasteiger partial charge in [-0.3, -0.25) is 9.48 Å². The number of primary amides is 1. The van der Waals surface area contributed by atoms with E-state index in [1.807, 2.05) is 22.9 Å². The summed E-state index contributed by atoms with van der Waals surface area (Å²) >= 11 is 0. The van der Waals surface area contributed by atoms with Crippen LogP contribution in [0.15, 0.2) is 24.3 Å². The minimum absolute atomic E-state index is 0.193. The Bertz CT molecular complexity index is 682. The molecule has 0 aliphatic carbocycles. The maximum absolute atomic E-state index is 11.3. The molecule has 1 fully saturated rings. The first-order valence-corrected chi connectivity index (χ1v) is 8.11. The predicted molar refractivity (Wildman–Crippen MR) is 89.1 cm³/mol. The number of rotatable bonds is 7. The van der Waals surface area contributed by atoms with Crippen molar-refractivity contribution in [2.24, 2.45) is 11.7 Å². The molecule has 0 saturated carbocycles. The SMILES string of the molecule is COCCN1CC[C@@H](Cn2nc(CC(N)=O)c3ccccc32)C1. The van der Waals surface area contributed by atoms with Gasteiger partial charge < -0.3 is 15.4 Å². The normalized spacial score (nSPS) is 18.7. The first-order chi connectivity index (χ1) is 11.2. The van der Waals surface area contributed by atoms with Gasteiger partial charge in [-0.1, -0.05) is 18.2 Å². The van der Waals surface area contributed by atoms with Crippen LogP contribution in [-0.2, 0) is 22.5 Å². The van der Waals surface area contributed by atoms with Crippen molar-refractivity contribution in [1.29, 1.82) is 0 Å². The molecular weight excluding hydrogens is 292 g/mol. The number of hydrogen-bond donors (Lipinski definition) is 1. The highest BCUT2D eigenvalue weighted by molar-refractivity contribution is 5.87. The van der Waals surface area contributed by atoms with E-state index in [0.717, 1.165) is 49.4 Å². The number of carbonyl (C=O) groups is 1. The van der Waals surface area contributed by atoms with Gasteiger partial charge >= 0.3 is 0 Å². The second-order valence-electron chi connectivity index (χ2n) is 6.24. The number of para-hydroxylation sites is 1. The number of amides is 1. The van der Waals surface area contributed by atoms with Crippen LogP contribution in [0.2, 0.25) is 0 Å². The number of carbonyl (C=O) groups excluding carboxylic acids is 1. The van der Waals surface area contributed by atoms with E-state index in [1.54, 1.807) is 7.11 Å². The van der Waals surface area contributed by atoms with Crippen LogP contribution >= 0.6 is 0 Å². The highest BCUT2D eigenvalue weighted by atomic mass is 16.5. The summed E-state index contributed by atoms with van der Waals surface area (Å²) in [6.07, 6.45) is 1.36. The lowest BCUT2D eigenvalue weighted by atomic mass is 10.1. The van der Waals surface area contributed by atoms with E-state index in [2.05, 4.69) is 16.1 Å². The molecule has 124 valence electrons. The monoisotopic (exact) mass is 316 g/mol. The number of fused-ring (bicyclic) bond motifs is 1. The molecule has 1 aliphatic rings. The van der Waals surface area contributed by atoms with Gasteiger partial charge in [0, 0.05) is 32.1 Å². The summed E-state index contributed by atoms with van der Waals surface area (Å²) < 4.78 is 7.19. The fourth-order valence-electron chi connectivity index (χ4n) is 3.36. The summed E-state index contributed by atoms with van der Waals surface area (Å²) in [7, 11) is 1.74. The van der Waals surface area contributed by atoms with E-state index in [4.69, 9.17) is 10.5 Å². The molecule has 6 heteroatoms. The second kappa shape index (κ2) is 7.10. The smallest absolute Gasteiger partial charge is 0.223 e. The summed E-state index contributed by atoms with van der Waals surface area (Å²) in [5.74, 6) is 0.239. The maximum atomic E-state index is 11.3. The van der Waals surface area contributed by atoms with E-state index in [9.17, 15) is 4.79 Å². The van der Waals surface area contributed by atoms with Gasteiger partial charge in [0.1, 0.15) is 0 Å². The summed E-state index contributed by atoms with van der Waals surface area (Å²) in [6.45, 7) is 4.83. The molecule has 2 heterocycles. The standard InChI is InChI=1S/C17H24N4O2/c1-23-9-8-20-7-6-13(11-20)12-21-16-5-3-2-4-14(16)15(19-21)10-17(18)22/h2-5,13H,6-12H2,1H3,(H2,18,22)/t13-/m1/s1. The van der Waals surface area contributed by atoms with Crippen molar-refractivity contribution >= 4 is 16.8 Å². The minimum atomic E-state index is -0.341. The van der Waals surface area contributed by atoms with Crippen molar-refractivity contribution in [2.45, 2.75) is 19.4 Å². The fraction of sp³-hybridized carbons (Fsp3) is 0.529. The molecule has 0 radical (unpaired) electrons. The lowest BCUT2D eigenvalue weighted by Gasteiger charge is -2.15. The molecule has 1 atom stereocenters. The van der Waals surface area contributed by atoms with Crippen LogP contribution in [-0.4, -0.2) is 53.9 Å². The van der Waals surface area contributed by atoms with Crippen LogP contribution in [0.4, 0.5) is 0 Å². The summed E-state index contributed by atoms with van der Waals surface area (Å²) in [5, 5.41) is 5.68. The average Bonchev–Trinajstić information content (AvgIpc) is 3.11. The summed E-state index contributed by atoms with van der Waals surface area (Å²) in [4.78, 5) is 13.7. The van der Waals surface area contributed by atoms with Crippen molar-refractivity contribution in [3.8, 4) is 0 Å². The van der Waals surface area contributed by atoms with Crippen molar-refractivity contribution in [2.75, 3.05) is 33.4 Å². The second-order valence-corrected chi connectivity index (χ2v) is 6.24. The molecular formula is C17H24N4O2. The Morgan fingerprint density at radius 3 is 3.04 bits per heavy atom. The van der Waals surface area contributed by atoms with Gasteiger partial charge in [0.25, 0.3) is 0 Å². The van der Waals surface area contributed by atoms with Crippen LogP contribution in [0.1, 0.15) is 12.1 Å². The largest absolute Gasteiger partial charge is 0.383 e. The highest BCUT2D eigenvalue weighted by Crippen LogP contribution is 2.23. The van der Waals surface area contributed by atoms with E-state index in [1.165, 1.54) is 6.42 Å². The van der Waals surface area contributed by atoms with Crippen molar-refractivity contribution in [3.05, 3.63) is 30.0 Å². The Balaban J connectivity index is 1.74. The topological polar surface area (TPSA) is 73.4 Å². The van der Waals surface area contributed by atoms with Gasteiger partial charge in [-0.05, 0) is 24.9 Å². The number of aromatic nitrogens is 2. The summed E-state index contributed by atoms with van der Waals surface area (Å²) in [6, 6.07) is 8.05. The number of methoxy groups -OCH3 is 1. The Hall–Kier alpha value is -1.92. The van der Waals surface area contributed by atoms with Gasteiger partial charge in [-0.2, -0.15) is 5.10 Å². The Labute approximate surface area is 136 Å². The molecule has 0 unspecified atom stereocenters. The van der Waals surface area contributed by atoms with Crippen LogP contribution in [0.25, 0.3) is 10.9 Å². The molecule has 0 spiro atoms. The zero-order valence-corrected chi connectivity index (χ0v) is 13.6. The maximum Gasteiger partial charge on any atom is 0.223 e.